The number of nitrogens with zero attached hydrogens (tertiary/aromatic N) is 3. The molecule has 5 rings (SSSR count). The van der Waals surface area contributed by atoms with Crippen molar-refractivity contribution in [3.63, 3.8) is 0 Å². The molecule has 170 valence electrons. The van der Waals surface area contributed by atoms with Gasteiger partial charge in [0.25, 0.3) is 5.91 Å². The molecule has 1 fully saturated rings. The summed E-state index contributed by atoms with van der Waals surface area (Å²) < 4.78 is 11.4. The molecule has 0 unspecified atom stereocenters. The molecule has 0 aliphatic carbocycles. The first kappa shape index (κ1) is 21.1. The van der Waals surface area contributed by atoms with E-state index in [0.717, 1.165) is 30.3 Å². The topological polar surface area (TPSA) is 88.6 Å². The number of nitrogens with one attached hydrogen (secondary N) is 2. The molecule has 0 spiro atoms. The number of carbonyl (C=O) groups is 1. The summed E-state index contributed by atoms with van der Waals surface area (Å²) in [5.41, 5.74) is 2.44. The van der Waals surface area contributed by atoms with Gasteiger partial charge in [-0.2, -0.15) is 4.98 Å². The van der Waals surface area contributed by atoms with Gasteiger partial charge in [0, 0.05) is 36.2 Å². The first-order chi connectivity index (χ1) is 16.1. The van der Waals surface area contributed by atoms with Crippen LogP contribution in [0.25, 0.3) is 0 Å². The number of piperidine rings is 1. The minimum atomic E-state index is -0.702. The first-order valence-electron chi connectivity index (χ1n) is 11.3. The quantitative estimate of drug-likeness (QED) is 0.605. The Hall–Kier alpha value is -3.81. The predicted molar refractivity (Wildman–Crippen MR) is 128 cm³/mol. The van der Waals surface area contributed by atoms with Gasteiger partial charge in [-0.05, 0) is 62.6 Å². The maximum Gasteiger partial charge on any atom is 0.269 e. The highest BCUT2D eigenvalue weighted by Gasteiger charge is 2.27. The Bertz CT molecular complexity index is 1130. The van der Waals surface area contributed by atoms with Gasteiger partial charge in [-0.15, -0.1) is 0 Å². The molecule has 2 aromatic carbocycles. The fourth-order valence-corrected chi connectivity index (χ4v) is 4.03. The molecule has 3 aromatic rings. The molecule has 3 heterocycles. The molecule has 2 aliphatic heterocycles. The van der Waals surface area contributed by atoms with Crippen LogP contribution >= 0.6 is 0 Å². The Balaban J connectivity index is 1.21. The van der Waals surface area contributed by atoms with Crippen LogP contribution in [0, 0.1) is 6.92 Å². The second kappa shape index (κ2) is 9.36. The third-order valence-electron chi connectivity index (χ3n) is 5.73. The highest BCUT2D eigenvalue weighted by molar-refractivity contribution is 5.94. The van der Waals surface area contributed by atoms with E-state index >= 15 is 0 Å². The number of carbonyl (C=O) groups excluding carboxylic acids is 1. The van der Waals surface area contributed by atoms with Gasteiger partial charge in [-0.25, -0.2) is 4.98 Å². The number of para-hydroxylation sites is 2. The van der Waals surface area contributed by atoms with Crippen LogP contribution in [0.15, 0.2) is 54.6 Å². The molecule has 0 bridgehead atoms. The Morgan fingerprint density at radius 1 is 0.970 bits per heavy atom. The molecular formula is C25H27N5O3. The van der Waals surface area contributed by atoms with Crippen molar-refractivity contribution in [1.29, 1.82) is 0 Å². The van der Waals surface area contributed by atoms with Crippen molar-refractivity contribution in [2.24, 2.45) is 0 Å². The van der Waals surface area contributed by atoms with E-state index in [-0.39, 0.29) is 12.5 Å². The summed E-state index contributed by atoms with van der Waals surface area (Å²) in [4.78, 5) is 24.2. The van der Waals surface area contributed by atoms with Crippen LogP contribution in [0.4, 0.5) is 23.1 Å². The van der Waals surface area contributed by atoms with Gasteiger partial charge < -0.3 is 25.0 Å². The van der Waals surface area contributed by atoms with E-state index in [2.05, 4.69) is 20.5 Å². The molecule has 8 heteroatoms. The zero-order valence-electron chi connectivity index (χ0n) is 18.6. The normalized spacial score (nSPS) is 17.4. The predicted octanol–water partition coefficient (Wildman–Crippen LogP) is 4.30. The van der Waals surface area contributed by atoms with Gasteiger partial charge in [-0.3, -0.25) is 4.79 Å². The third-order valence-corrected chi connectivity index (χ3v) is 5.73. The van der Waals surface area contributed by atoms with Gasteiger partial charge in [0.1, 0.15) is 12.4 Å². The van der Waals surface area contributed by atoms with Crippen molar-refractivity contribution in [2.45, 2.75) is 32.3 Å². The van der Waals surface area contributed by atoms with E-state index in [9.17, 15) is 4.79 Å². The van der Waals surface area contributed by atoms with Crippen LogP contribution in [0.5, 0.6) is 11.5 Å². The lowest BCUT2D eigenvalue weighted by Gasteiger charge is -2.28. The lowest BCUT2D eigenvalue weighted by molar-refractivity contribution is -0.125. The minimum absolute atomic E-state index is 0.173. The molecule has 2 aliphatic rings. The third kappa shape index (κ3) is 5.00. The zero-order chi connectivity index (χ0) is 22.6. The largest absolute Gasteiger partial charge is 0.485 e. The number of hydrogen-bond acceptors (Lipinski definition) is 7. The standard InChI is InChI=1S/C25H27N5O3/c1-17-15-23(30-13-5-2-6-14-30)29-25(26-17)28-19-11-9-18(10-12-19)27-24(31)22-16-32-20-7-3-4-8-21(20)33-22/h3-4,7-12,15,22H,2,5-6,13-14,16H2,1H3,(H,27,31)(H,26,28,29)/t22-/m0/s1. The fourth-order valence-electron chi connectivity index (χ4n) is 4.03. The number of benzene rings is 2. The second-order valence-corrected chi connectivity index (χ2v) is 8.29. The summed E-state index contributed by atoms with van der Waals surface area (Å²) in [5.74, 6) is 2.51. The van der Waals surface area contributed by atoms with Gasteiger partial charge in [0.15, 0.2) is 11.5 Å². The van der Waals surface area contributed by atoms with Crippen LogP contribution in [0.1, 0.15) is 25.0 Å². The Kier molecular flexibility index (Phi) is 5.97. The molecule has 2 N–H and O–H groups in total. The van der Waals surface area contributed by atoms with E-state index in [0.29, 0.717) is 23.1 Å². The summed E-state index contributed by atoms with van der Waals surface area (Å²) in [7, 11) is 0. The molecule has 0 saturated carbocycles. The SMILES string of the molecule is Cc1cc(N2CCCCC2)nc(Nc2ccc(NC(=O)[C@@H]3COc4ccccc4O3)cc2)n1. The van der Waals surface area contributed by atoms with Gasteiger partial charge in [0.2, 0.25) is 12.1 Å². The molecule has 1 saturated heterocycles. The summed E-state index contributed by atoms with van der Waals surface area (Å²) >= 11 is 0. The average molecular weight is 446 g/mol. The lowest BCUT2D eigenvalue weighted by atomic mass is 10.1. The Morgan fingerprint density at radius 2 is 1.70 bits per heavy atom. The van der Waals surface area contributed by atoms with E-state index in [1.165, 1.54) is 19.3 Å². The lowest BCUT2D eigenvalue weighted by Crippen LogP contribution is -2.40. The van der Waals surface area contributed by atoms with Crippen LogP contribution in [-0.4, -0.2) is 41.7 Å². The second-order valence-electron chi connectivity index (χ2n) is 8.29. The van der Waals surface area contributed by atoms with E-state index in [4.69, 9.17) is 14.5 Å². The minimum Gasteiger partial charge on any atom is -0.485 e. The van der Waals surface area contributed by atoms with Gasteiger partial charge >= 0.3 is 0 Å². The molecule has 33 heavy (non-hydrogen) atoms. The molecule has 1 atom stereocenters. The number of ether oxygens (including phenoxy) is 2. The van der Waals surface area contributed by atoms with Crippen molar-refractivity contribution in [2.75, 3.05) is 35.2 Å². The van der Waals surface area contributed by atoms with E-state index < -0.39 is 6.10 Å². The summed E-state index contributed by atoms with van der Waals surface area (Å²) in [5, 5.41) is 6.16. The smallest absolute Gasteiger partial charge is 0.269 e. The van der Waals surface area contributed by atoms with Crippen LogP contribution in [0.2, 0.25) is 0 Å². The maximum atomic E-state index is 12.6. The molecule has 0 radical (unpaired) electrons. The van der Waals surface area contributed by atoms with Crippen molar-refractivity contribution < 1.29 is 14.3 Å². The average Bonchev–Trinajstić information content (AvgIpc) is 2.85. The van der Waals surface area contributed by atoms with Crippen molar-refractivity contribution in [3.8, 4) is 11.5 Å². The maximum absolute atomic E-state index is 12.6. The summed E-state index contributed by atoms with van der Waals surface area (Å²) in [6.45, 7) is 4.22. The van der Waals surface area contributed by atoms with Crippen molar-refractivity contribution >= 4 is 29.0 Å². The van der Waals surface area contributed by atoms with Crippen LogP contribution in [0.3, 0.4) is 0 Å². The number of rotatable bonds is 5. The van der Waals surface area contributed by atoms with Crippen LogP contribution < -0.4 is 25.0 Å². The fraction of sp³-hybridized carbons (Fsp3) is 0.320. The first-order valence-corrected chi connectivity index (χ1v) is 11.3. The molecule has 1 aromatic heterocycles. The van der Waals surface area contributed by atoms with Gasteiger partial charge in [-0.1, -0.05) is 12.1 Å². The highest BCUT2D eigenvalue weighted by Crippen LogP contribution is 2.31. The number of hydrogen-bond donors (Lipinski definition) is 2. The highest BCUT2D eigenvalue weighted by atomic mass is 16.6. The number of amides is 1. The molecule has 1 amide bonds. The van der Waals surface area contributed by atoms with Crippen molar-refractivity contribution in [3.05, 3.63) is 60.3 Å². The summed E-state index contributed by atoms with van der Waals surface area (Å²) in [6, 6.07) is 16.8. The number of anilines is 4. The summed E-state index contributed by atoms with van der Waals surface area (Å²) in [6.07, 6.45) is 2.97. The number of aromatic nitrogens is 2. The molecule has 8 nitrogen and oxygen atoms in total. The van der Waals surface area contributed by atoms with Gasteiger partial charge in [0.05, 0.1) is 0 Å². The van der Waals surface area contributed by atoms with E-state index in [1.807, 2.05) is 55.5 Å². The number of aryl methyl sites for hydroxylation is 1. The zero-order valence-corrected chi connectivity index (χ0v) is 18.6. The van der Waals surface area contributed by atoms with E-state index in [1.54, 1.807) is 6.07 Å². The Labute approximate surface area is 193 Å². The van der Waals surface area contributed by atoms with Crippen LogP contribution in [-0.2, 0) is 4.79 Å². The van der Waals surface area contributed by atoms with Crippen molar-refractivity contribution in [1.82, 2.24) is 9.97 Å². The molecular weight excluding hydrogens is 418 g/mol. The Morgan fingerprint density at radius 3 is 2.48 bits per heavy atom. The monoisotopic (exact) mass is 445 g/mol. The number of fused-ring (bicyclic) bond motifs is 1.